The first-order chi connectivity index (χ1) is 14.3. The minimum absolute atomic E-state index is 0.0581. The molecule has 1 amide bonds. The summed E-state index contributed by atoms with van der Waals surface area (Å²) in [5.41, 5.74) is 2.57. The van der Waals surface area contributed by atoms with Crippen molar-refractivity contribution in [3.63, 3.8) is 0 Å². The molecule has 1 saturated heterocycles. The van der Waals surface area contributed by atoms with Crippen molar-refractivity contribution < 1.29 is 14.3 Å². The van der Waals surface area contributed by atoms with Crippen LogP contribution in [0.2, 0.25) is 0 Å². The van der Waals surface area contributed by atoms with E-state index in [0.29, 0.717) is 17.1 Å². The number of amides is 1. The van der Waals surface area contributed by atoms with Gasteiger partial charge in [0.2, 0.25) is 6.79 Å². The Balaban J connectivity index is 1.25. The van der Waals surface area contributed by atoms with Crippen LogP contribution in [0.25, 0.3) is 11.3 Å². The second kappa shape index (κ2) is 7.46. The van der Waals surface area contributed by atoms with Gasteiger partial charge in [-0.2, -0.15) is 5.10 Å². The van der Waals surface area contributed by atoms with Gasteiger partial charge in [0, 0.05) is 48.7 Å². The summed E-state index contributed by atoms with van der Waals surface area (Å²) in [5, 5.41) is 10.7. The van der Waals surface area contributed by atoms with Crippen molar-refractivity contribution in [1.82, 2.24) is 20.5 Å². The van der Waals surface area contributed by atoms with Gasteiger partial charge >= 0.3 is 0 Å². The van der Waals surface area contributed by atoms with E-state index in [9.17, 15) is 4.79 Å². The summed E-state index contributed by atoms with van der Waals surface area (Å²) in [7, 11) is 0. The van der Waals surface area contributed by atoms with Gasteiger partial charge in [-0.3, -0.25) is 14.9 Å². The molecular weight excluding hydrogens is 370 g/mol. The molecule has 148 valence electrons. The van der Waals surface area contributed by atoms with Crippen LogP contribution in [0.3, 0.4) is 0 Å². The fourth-order valence-electron chi connectivity index (χ4n) is 3.76. The largest absolute Gasteiger partial charge is 0.454 e. The molecule has 1 atom stereocenters. The predicted octanol–water partition coefficient (Wildman–Crippen LogP) is 2.60. The number of H-pyrrole nitrogens is 1. The Kier molecular flexibility index (Phi) is 4.51. The smallest absolute Gasteiger partial charge is 0.251 e. The standard InChI is InChI=1S/C21H21N5O3/c27-21(15-3-4-18-19(10-15)29-13-28-18)23-16-2-1-9-26(12-16)20-11-17(24-25-20)14-5-7-22-8-6-14/h3-8,10-11,16H,1-2,9,12-13H2,(H,23,27)(H,24,25). The Bertz CT molecular complexity index is 1020. The molecule has 5 rings (SSSR count). The zero-order valence-corrected chi connectivity index (χ0v) is 15.8. The molecule has 1 unspecified atom stereocenters. The number of anilines is 1. The number of rotatable bonds is 4. The molecule has 1 aromatic carbocycles. The molecule has 0 spiro atoms. The van der Waals surface area contributed by atoms with E-state index in [0.717, 1.165) is 43.0 Å². The van der Waals surface area contributed by atoms with Gasteiger partial charge in [-0.05, 0) is 43.2 Å². The average molecular weight is 391 g/mol. The van der Waals surface area contributed by atoms with E-state index in [1.54, 1.807) is 30.6 Å². The molecule has 0 saturated carbocycles. The summed E-state index contributed by atoms with van der Waals surface area (Å²) in [4.78, 5) is 18.9. The van der Waals surface area contributed by atoms with Gasteiger partial charge in [-0.15, -0.1) is 0 Å². The van der Waals surface area contributed by atoms with E-state index >= 15 is 0 Å². The van der Waals surface area contributed by atoms with Crippen LogP contribution < -0.4 is 19.7 Å². The number of ether oxygens (including phenoxy) is 2. The molecule has 0 radical (unpaired) electrons. The maximum absolute atomic E-state index is 12.7. The van der Waals surface area contributed by atoms with E-state index in [2.05, 4.69) is 25.4 Å². The number of aromatic nitrogens is 3. The number of carbonyl (C=O) groups excluding carboxylic acids is 1. The van der Waals surface area contributed by atoms with Crippen molar-refractivity contribution in [3.8, 4) is 22.8 Å². The Morgan fingerprint density at radius 2 is 2.00 bits per heavy atom. The molecule has 3 aromatic rings. The van der Waals surface area contributed by atoms with Crippen molar-refractivity contribution in [2.24, 2.45) is 0 Å². The number of nitrogens with one attached hydrogen (secondary N) is 2. The summed E-state index contributed by atoms with van der Waals surface area (Å²) in [6, 6.07) is 11.3. The van der Waals surface area contributed by atoms with Crippen molar-refractivity contribution in [2.45, 2.75) is 18.9 Å². The van der Waals surface area contributed by atoms with Crippen LogP contribution in [0.4, 0.5) is 5.82 Å². The number of piperidine rings is 1. The van der Waals surface area contributed by atoms with Crippen LogP contribution in [0, 0.1) is 0 Å². The Morgan fingerprint density at radius 1 is 1.14 bits per heavy atom. The van der Waals surface area contributed by atoms with E-state index < -0.39 is 0 Å². The minimum Gasteiger partial charge on any atom is -0.454 e. The van der Waals surface area contributed by atoms with E-state index in [1.165, 1.54) is 0 Å². The lowest BCUT2D eigenvalue weighted by Gasteiger charge is -2.33. The fraction of sp³-hybridized carbons (Fsp3) is 0.286. The number of benzene rings is 1. The zero-order valence-electron chi connectivity index (χ0n) is 15.8. The van der Waals surface area contributed by atoms with Crippen LogP contribution in [0.5, 0.6) is 11.5 Å². The number of hydrogen-bond acceptors (Lipinski definition) is 6. The Labute approximate surface area is 167 Å². The summed E-state index contributed by atoms with van der Waals surface area (Å²) in [6.07, 6.45) is 5.45. The minimum atomic E-state index is -0.102. The SMILES string of the molecule is O=C(NC1CCCN(c2cc(-c3ccncc3)[nH]n2)C1)c1ccc2c(c1)OCO2. The zero-order chi connectivity index (χ0) is 19.6. The molecule has 4 heterocycles. The van der Waals surface area contributed by atoms with Gasteiger partial charge in [-0.25, -0.2) is 0 Å². The maximum atomic E-state index is 12.7. The third-order valence-corrected chi connectivity index (χ3v) is 5.27. The van der Waals surface area contributed by atoms with Crippen LogP contribution in [-0.2, 0) is 0 Å². The van der Waals surface area contributed by atoms with Crippen molar-refractivity contribution in [3.05, 3.63) is 54.4 Å². The molecule has 8 nitrogen and oxygen atoms in total. The summed E-state index contributed by atoms with van der Waals surface area (Å²) in [5.74, 6) is 2.07. The van der Waals surface area contributed by atoms with Crippen molar-refractivity contribution >= 4 is 11.7 Å². The third-order valence-electron chi connectivity index (χ3n) is 5.27. The highest BCUT2D eigenvalue weighted by atomic mass is 16.7. The van der Waals surface area contributed by atoms with Gasteiger partial charge in [0.15, 0.2) is 17.3 Å². The normalized spacial score (nSPS) is 17.9. The molecule has 0 aliphatic carbocycles. The molecule has 8 heteroatoms. The van der Waals surface area contributed by atoms with Crippen molar-refractivity contribution in [1.29, 1.82) is 0 Å². The van der Waals surface area contributed by atoms with Crippen LogP contribution in [0.15, 0.2) is 48.8 Å². The number of carbonyl (C=O) groups is 1. The molecule has 2 aromatic heterocycles. The number of hydrogen-bond donors (Lipinski definition) is 2. The quantitative estimate of drug-likeness (QED) is 0.710. The fourth-order valence-corrected chi connectivity index (χ4v) is 3.76. The number of pyridine rings is 1. The lowest BCUT2D eigenvalue weighted by atomic mass is 10.0. The highest BCUT2D eigenvalue weighted by Crippen LogP contribution is 2.32. The first-order valence-electron chi connectivity index (χ1n) is 9.67. The van der Waals surface area contributed by atoms with Gasteiger partial charge in [-0.1, -0.05) is 0 Å². The molecule has 2 aliphatic heterocycles. The first-order valence-corrected chi connectivity index (χ1v) is 9.67. The topological polar surface area (TPSA) is 92.4 Å². The lowest BCUT2D eigenvalue weighted by molar-refractivity contribution is 0.0932. The predicted molar refractivity (Wildman–Crippen MR) is 107 cm³/mol. The van der Waals surface area contributed by atoms with Crippen LogP contribution in [-0.4, -0.2) is 47.0 Å². The summed E-state index contributed by atoms with van der Waals surface area (Å²) >= 11 is 0. The monoisotopic (exact) mass is 391 g/mol. The van der Waals surface area contributed by atoms with Gasteiger partial charge < -0.3 is 19.7 Å². The molecule has 2 N–H and O–H groups in total. The summed E-state index contributed by atoms with van der Waals surface area (Å²) < 4.78 is 10.7. The third kappa shape index (κ3) is 3.61. The van der Waals surface area contributed by atoms with Gasteiger partial charge in [0.1, 0.15) is 0 Å². The Hall–Kier alpha value is -3.55. The van der Waals surface area contributed by atoms with Gasteiger partial charge in [0.05, 0.1) is 5.69 Å². The summed E-state index contributed by atoms with van der Waals surface area (Å²) in [6.45, 7) is 1.83. The number of fused-ring (bicyclic) bond motifs is 1. The molecule has 1 fully saturated rings. The Morgan fingerprint density at radius 3 is 2.90 bits per heavy atom. The van der Waals surface area contributed by atoms with E-state index in [1.807, 2.05) is 18.2 Å². The molecule has 29 heavy (non-hydrogen) atoms. The van der Waals surface area contributed by atoms with E-state index in [-0.39, 0.29) is 18.7 Å². The second-order valence-electron chi connectivity index (χ2n) is 7.20. The van der Waals surface area contributed by atoms with E-state index in [4.69, 9.17) is 9.47 Å². The molecule has 0 bridgehead atoms. The van der Waals surface area contributed by atoms with Gasteiger partial charge in [0.25, 0.3) is 5.91 Å². The van der Waals surface area contributed by atoms with Crippen LogP contribution >= 0.6 is 0 Å². The number of nitrogens with zero attached hydrogens (tertiary/aromatic N) is 3. The average Bonchev–Trinajstić information content (AvgIpc) is 3.44. The van der Waals surface area contributed by atoms with Crippen LogP contribution in [0.1, 0.15) is 23.2 Å². The molecule has 2 aliphatic rings. The second-order valence-corrected chi connectivity index (χ2v) is 7.20. The molecular formula is C21H21N5O3. The highest BCUT2D eigenvalue weighted by Gasteiger charge is 2.24. The highest BCUT2D eigenvalue weighted by molar-refractivity contribution is 5.95. The van der Waals surface area contributed by atoms with Crippen molar-refractivity contribution in [2.75, 3.05) is 24.8 Å². The first kappa shape index (κ1) is 17.5. The number of aromatic amines is 1. The lowest BCUT2D eigenvalue weighted by Crippen LogP contribution is -2.48. The maximum Gasteiger partial charge on any atom is 0.251 e.